The zero-order valence-electron chi connectivity index (χ0n) is 11.2. The highest BCUT2D eigenvalue weighted by Crippen LogP contribution is 2.21. The van der Waals surface area contributed by atoms with Gasteiger partial charge in [-0.05, 0) is 31.5 Å². The minimum absolute atomic E-state index is 0.0346. The Hall–Kier alpha value is -1.93. The van der Waals surface area contributed by atoms with Gasteiger partial charge in [-0.25, -0.2) is 13.6 Å². The van der Waals surface area contributed by atoms with Crippen molar-refractivity contribution >= 4 is 27.6 Å². The van der Waals surface area contributed by atoms with E-state index in [4.69, 9.17) is 5.14 Å². The number of benzene rings is 1. The maximum absolute atomic E-state index is 11.6. The van der Waals surface area contributed by atoms with Gasteiger partial charge in [0, 0.05) is 0 Å². The van der Waals surface area contributed by atoms with Gasteiger partial charge in [0.1, 0.15) is 11.3 Å². The minimum atomic E-state index is -3.97. The fraction of sp³-hybridized carbons (Fsp3) is 0.333. The monoisotopic (exact) mass is 300 g/mol. The molecule has 20 heavy (non-hydrogen) atoms. The maximum atomic E-state index is 11.6. The fourth-order valence-corrected chi connectivity index (χ4v) is 2.28. The first kappa shape index (κ1) is 16.1. The van der Waals surface area contributed by atoms with Crippen LogP contribution in [-0.2, 0) is 24.3 Å². The van der Waals surface area contributed by atoms with Crippen LogP contribution in [0.1, 0.15) is 18.9 Å². The summed E-state index contributed by atoms with van der Waals surface area (Å²) in [4.78, 5) is 22.6. The van der Waals surface area contributed by atoms with E-state index in [1.807, 2.05) is 0 Å². The highest BCUT2D eigenvalue weighted by molar-refractivity contribution is 7.89. The molecule has 0 unspecified atom stereocenters. The molecule has 1 aromatic rings. The number of sulfonamides is 1. The van der Waals surface area contributed by atoms with Gasteiger partial charge in [0.15, 0.2) is 0 Å². The highest BCUT2D eigenvalue weighted by atomic mass is 32.2. The number of hydrogen-bond acceptors (Lipinski definition) is 5. The second-order valence-electron chi connectivity index (χ2n) is 4.07. The number of aryl methyl sites for hydroxylation is 1. The van der Waals surface area contributed by atoms with Crippen LogP contribution in [0.4, 0.5) is 5.69 Å². The van der Waals surface area contributed by atoms with Gasteiger partial charge in [-0.3, -0.25) is 9.59 Å². The number of hydrogen-bond donors (Lipinski definition) is 2. The van der Waals surface area contributed by atoms with E-state index in [9.17, 15) is 18.0 Å². The summed E-state index contributed by atoms with van der Waals surface area (Å²) in [6, 6.07) is 4.38. The first-order valence-corrected chi connectivity index (χ1v) is 7.37. The molecule has 0 atom stereocenters. The van der Waals surface area contributed by atoms with E-state index < -0.39 is 28.3 Å². The Labute approximate surface area is 117 Å². The van der Waals surface area contributed by atoms with Crippen molar-refractivity contribution in [1.82, 2.24) is 0 Å². The number of nitrogens with one attached hydrogen (secondary N) is 1. The summed E-state index contributed by atoms with van der Waals surface area (Å²) in [5, 5.41) is 7.42. The van der Waals surface area contributed by atoms with Crippen molar-refractivity contribution in [3.63, 3.8) is 0 Å². The van der Waals surface area contributed by atoms with Gasteiger partial charge in [0.25, 0.3) is 0 Å². The van der Waals surface area contributed by atoms with Gasteiger partial charge in [0.05, 0.1) is 12.3 Å². The molecule has 1 rings (SSSR count). The molecule has 1 aromatic carbocycles. The first-order chi connectivity index (χ1) is 9.24. The average Bonchev–Trinajstić information content (AvgIpc) is 2.30. The number of nitrogens with two attached hydrogens (primary N) is 1. The molecule has 0 saturated carbocycles. The van der Waals surface area contributed by atoms with E-state index in [0.29, 0.717) is 5.56 Å². The van der Waals surface area contributed by atoms with Crippen LogP contribution in [0.5, 0.6) is 0 Å². The van der Waals surface area contributed by atoms with Crippen LogP contribution < -0.4 is 10.5 Å². The van der Waals surface area contributed by atoms with E-state index in [2.05, 4.69) is 10.1 Å². The Morgan fingerprint density at radius 2 is 2.00 bits per heavy atom. The van der Waals surface area contributed by atoms with Crippen molar-refractivity contribution < 1.29 is 22.7 Å². The lowest BCUT2D eigenvalue weighted by atomic mass is 10.2. The van der Waals surface area contributed by atoms with Crippen molar-refractivity contribution in [2.45, 2.75) is 25.2 Å². The quantitative estimate of drug-likeness (QED) is 0.608. The van der Waals surface area contributed by atoms with Gasteiger partial charge < -0.3 is 10.1 Å². The summed E-state index contributed by atoms with van der Waals surface area (Å²) in [6.45, 7) is 3.48. The van der Waals surface area contributed by atoms with Crippen LogP contribution in [0.15, 0.2) is 23.1 Å². The third kappa shape index (κ3) is 4.63. The molecule has 0 fully saturated rings. The molecule has 0 aliphatic carbocycles. The molecule has 0 aliphatic heterocycles. The molecule has 0 bridgehead atoms. The molecule has 1 amide bonds. The van der Waals surface area contributed by atoms with Gasteiger partial charge in [-0.2, -0.15) is 0 Å². The van der Waals surface area contributed by atoms with E-state index >= 15 is 0 Å². The zero-order chi connectivity index (χ0) is 15.3. The normalized spacial score (nSPS) is 10.9. The third-order valence-electron chi connectivity index (χ3n) is 2.33. The topological polar surface area (TPSA) is 116 Å². The molecule has 110 valence electrons. The zero-order valence-corrected chi connectivity index (χ0v) is 12.0. The molecular weight excluding hydrogens is 284 g/mol. The Morgan fingerprint density at radius 1 is 1.35 bits per heavy atom. The molecule has 0 spiro atoms. The summed E-state index contributed by atoms with van der Waals surface area (Å²) in [5.41, 5.74) is 0.713. The number of primary sulfonamides is 1. The number of carbonyl (C=O) groups is 2. The second kappa shape index (κ2) is 6.49. The van der Waals surface area contributed by atoms with E-state index in [1.165, 1.54) is 12.1 Å². The molecule has 8 heteroatoms. The van der Waals surface area contributed by atoms with E-state index in [0.717, 1.165) is 0 Å². The SMILES string of the molecule is CCOC(=O)CC(=O)Nc1ccc(C)cc1S(N)(=O)=O. The van der Waals surface area contributed by atoms with Crippen LogP contribution in [0.2, 0.25) is 0 Å². The van der Waals surface area contributed by atoms with Crippen molar-refractivity contribution in [2.24, 2.45) is 5.14 Å². The molecule has 0 radical (unpaired) electrons. The number of carbonyl (C=O) groups excluding carboxylic acids is 2. The second-order valence-corrected chi connectivity index (χ2v) is 5.60. The molecule has 0 heterocycles. The van der Waals surface area contributed by atoms with E-state index in [-0.39, 0.29) is 17.2 Å². The van der Waals surface area contributed by atoms with Crippen molar-refractivity contribution in [3.05, 3.63) is 23.8 Å². The van der Waals surface area contributed by atoms with Gasteiger partial charge in [-0.1, -0.05) is 6.07 Å². The van der Waals surface area contributed by atoms with Crippen LogP contribution in [-0.4, -0.2) is 26.9 Å². The predicted octanol–water partition coefficient (Wildman–Crippen LogP) is 0.534. The summed E-state index contributed by atoms with van der Waals surface area (Å²) in [5.74, 6) is -1.36. The smallest absolute Gasteiger partial charge is 0.315 e. The van der Waals surface area contributed by atoms with Crippen LogP contribution in [0, 0.1) is 6.92 Å². The largest absolute Gasteiger partial charge is 0.466 e. The summed E-state index contributed by atoms with van der Waals surface area (Å²) >= 11 is 0. The van der Waals surface area contributed by atoms with E-state index in [1.54, 1.807) is 19.9 Å². The molecule has 0 saturated heterocycles. The molecule has 7 nitrogen and oxygen atoms in total. The lowest BCUT2D eigenvalue weighted by molar-refractivity contribution is -0.145. The predicted molar refractivity (Wildman–Crippen MR) is 72.4 cm³/mol. The number of ether oxygens (including phenoxy) is 1. The molecule has 3 N–H and O–H groups in total. The van der Waals surface area contributed by atoms with Crippen molar-refractivity contribution in [3.8, 4) is 0 Å². The van der Waals surface area contributed by atoms with Gasteiger partial charge in [-0.15, -0.1) is 0 Å². The van der Waals surface area contributed by atoms with Crippen LogP contribution in [0.25, 0.3) is 0 Å². The lowest BCUT2D eigenvalue weighted by Gasteiger charge is -2.10. The Bertz CT molecular complexity index is 625. The molecule has 0 aromatic heterocycles. The minimum Gasteiger partial charge on any atom is -0.466 e. The first-order valence-electron chi connectivity index (χ1n) is 5.83. The lowest BCUT2D eigenvalue weighted by Crippen LogP contribution is -2.21. The molecular formula is C12H16N2O5S. The number of amides is 1. The van der Waals surface area contributed by atoms with Crippen LogP contribution in [0.3, 0.4) is 0 Å². The Morgan fingerprint density at radius 3 is 2.55 bits per heavy atom. The third-order valence-corrected chi connectivity index (χ3v) is 3.28. The average molecular weight is 300 g/mol. The Balaban J connectivity index is 2.93. The van der Waals surface area contributed by atoms with Crippen LogP contribution >= 0.6 is 0 Å². The Kier molecular flexibility index (Phi) is 5.23. The van der Waals surface area contributed by atoms with Crippen molar-refractivity contribution in [1.29, 1.82) is 0 Å². The number of rotatable bonds is 5. The number of esters is 1. The van der Waals surface area contributed by atoms with Gasteiger partial charge >= 0.3 is 5.97 Å². The summed E-state index contributed by atoms with van der Waals surface area (Å²) < 4.78 is 27.5. The summed E-state index contributed by atoms with van der Waals surface area (Å²) in [6.07, 6.45) is -0.494. The summed E-state index contributed by atoms with van der Waals surface area (Å²) in [7, 11) is -3.97. The fourth-order valence-electron chi connectivity index (χ4n) is 1.51. The standard InChI is InChI=1S/C12H16N2O5S/c1-3-19-12(16)7-11(15)14-9-5-4-8(2)6-10(9)20(13,17)18/h4-6H,3,7H2,1-2H3,(H,14,15)(H2,13,17,18). The van der Waals surface area contributed by atoms with Crippen molar-refractivity contribution in [2.75, 3.05) is 11.9 Å². The highest BCUT2D eigenvalue weighted by Gasteiger charge is 2.17. The maximum Gasteiger partial charge on any atom is 0.315 e. The molecule has 0 aliphatic rings. The number of anilines is 1. The van der Waals surface area contributed by atoms with Gasteiger partial charge in [0.2, 0.25) is 15.9 Å².